The lowest BCUT2D eigenvalue weighted by Gasteiger charge is -2.05. The Morgan fingerprint density at radius 1 is 1.15 bits per heavy atom. The Kier molecular flexibility index (Phi) is 3.31. The molecule has 0 amide bonds. The molecule has 2 aromatic carbocycles. The van der Waals surface area contributed by atoms with Crippen molar-refractivity contribution < 1.29 is 14.3 Å². The molecule has 0 saturated heterocycles. The Morgan fingerprint density at radius 2 is 1.96 bits per heavy atom. The summed E-state index contributed by atoms with van der Waals surface area (Å²) in [6, 6.07) is 11.6. The molecule has 1 aromatic heterocycles. The van der Waals surface area contributed by atoms with Gasteiger partial charge in [-0.3, -0.25) is 4.79 Å². The molecule has 3 aromatic rings. The van der Waals surface area contributed by atoms with Crippen LogP contribution in [0.5, 0.6) is 11.5 Å². The summed E-state index contributed by atoms with van der Waals surface area (Å²) in [5.41, 5.74) is 5.02. The Bertz CT molecular complexity index is 1130. The van der Waals surface area contributed by atoms with Crippen LogP contribution in [0.2, 0.25) is 5.15 Å². The summed E-state index contributed by atoms with van der Waals surface area (Å²) < 4.78 is 10.8. The predicted octanol–water partition coefficient (Wildman–Crippen LogP) is 4.75. The molecule has 1 aliphatic carbocycles. The van der Waals surface area contributed by atoms with E-state index in [1.54, 1.807) is 6.07 Å². The fourth-order valence-corrected chi connectivity index (χ4v) is 3.74. The molecule has 0 spiro atoms. The van der Waals surface area contributed by atoms with Gasteiger partial charge in [-0.05, 0) is 42.3 Å². The Hall–Kier alpha value is -2.85. The van der Waals surface area contributed by atoms with Gasteiger partial charge in [0.05, 0.1) is 5.52 Å². The van der Waals surface area contributed by atoms with Crippen LogP contribution in [0.3, 0.4) is 0 Å². The van der Waals surface area contributed by atoms with Gasteiger partial charge in [0.2, 0.25) is 6.79 Å². The van der Waals surface area contributed by atoms with Crippen molar-refractivity contribution in [3.05, 3.63) is 69.4 Å². The summed E-state index contributed by atoms with van der Waals surface area (Å²) in [5, 5.41) is 1.40. The summed E-state index contributed by atoms with van der Waals surface area (Å²) in [7, 11) is 0. The third kappa shape index (κ3) is 2.30. The molecular formula is C21H14ClNO3. The van der Waals surface area contributed by atoms with E-state index in [1.807, 2.05) is 43.3 Å². The van der Waals surface area contributed by atoms with Crippen LogP contribution >= 0.6 is 11.6 Å². The number of halogens is 1. The maximum Gasteiger partial charge on any atom is 0.231 e. The van der Waals surface area contributed by atoms with E-state index in [-0.39, 0.29) is 12.6 Å². The van der Waals surface area contributed by atoms with Crippen molar-refractivity contribution in [3.8, 4) is 11.5 Å². The maximum absolute atomic E-state index is 12.8. The lowest BCUT2D eigenvalue weighted by Crippen LogP contribution is -1.97. The molecule has 0 fully saturated rings. The van der Waals surface area contributed by atoms with Crippen molar-refractivity contribution >= 4 is 34.4 Å². The number of carbonyl (C=O) groups excluding carboxylic acids is 1. The molecular weight excluding hydrogens is 350 g/mol. The molecule has 4 nitrogen and oxygen atoms in total. The molecule has 26 heavy (non-hydrogen) atoms. The number of aryl methyl sites for hydroxylation is 1. The van der Waals surface area contributed by atoms with Crippen molar-refractivity contribution in [2.24, 2.45) is 0 Å². The number of fused-ring (bicyclic) bond motifs is 3. The lowest BCUT2D eigenvalue weighted by molar-refractivity contribution is 0.104. The number of aromatic nitrogens is 1. The number of carbonyl (C=O) groups is 1. The van der Waals surface area contributed by atoms with Gasteiger partial charge in [0.1, 0.15) is 5.15 Å². The minimum absolute atomic E-state index is 0.00120. The highest BCUT2D eigenvalue weighted by molar-refractivity contribution is 6.31. The number of benzene rings is 2. The van der Waals surface area contributed by atoms with Gasteiger partial charge in [0, 0.05) is 28.5 Å². The normalized spacial score (nSPS) is 16.5. The van der Waals surface area contributed by atoms with E-state index in [4.69, 9.17) is 21.1 Å². The third-order valence-electron chi connectivity index (χ3n) is 4.87. The minimum Gasteiger partial charge on any atom is -0.454 e. The topological polar surface area (TPSA) is 48.4 Å². The molecule has 2 heterocycles. The number of ether oxygens (including phenoxy) is 2. The molecule has 0 atom stereocenters. The quantitative estimate of drug-likeness (QED) is 0.462. The number of hydrogen-bond acceptors (Lipinski definition) is 4. The molecule has 5 heteroatoms. The molecule has 0 N–H and O–H groups in total. The first-order valence-corrected chi connectivity index (χ1v) is 8.71. The zero-order valence-electron chi connectivity index (χ0n) is 14.0. The van der Waals surface area contributed by atoms with Gasteiger partial charge in [-0.15, -0.1) is 0 Å². The Balaban J connectivity index is 1.58. The van der Waals surface area contributed by atoms with Crippen LogP contribution in [0.25, 0.3) is 17.0 Å². The van der Waals surface area contributed by atoms with Crippen molar-refractivity contribution in [1.82, 2.24) is 4.98 Å². The van der Waals surface area contributed by atoms with E-state index >= 15 is 0 Å². The summed E-state index contributed by atoms with van der Waals surface area (Å²) in [4.78, 5) is 17.3. The first-order valence-electron chi connectivity index (χ1n) is 8.34. The van der Waals surface area contributed by atoms with Crippen LogP contribution in [-0.4, -0.2) is 17.6 Å². The number of rotatable bonds is 1. The van der Waals surface area contributed by atoms with E-state index in [0.29, 0.717) is 34.2 Å². The monoisotopic (exact) mass is 363 g/mol. The van der Waals surface area contributed by atoms with Crippen LogP contribution in [-0.2, 0) is 6.42 Å². The maximum atomic E-state index is 12.8. The average molecular weight is 364 g/mol. The molecule has 0 saturated carbocycles. The van der Waals surface area contributed by atoms with Crippen molar-refractivity contribution in [1.29, 1.82) is 0 Å². The summed E-state index contributed by atoms with van der Waals surface area (Å²) in [5.74, 6) is 1.32. The van der Waals surface area contributed by atoms with Crippen LogP contribution in [0, 0.1) is 6.92 Å². The number of para-hydroxylation sites is 1. The second-order valence-electron chi connectivity index (χ2n) is 6.55. The highest BCUT2D eigenvalue weighted by Gasteiger charge is 2.29. The molecule has 0 radical (unpaired) electrons. The number of allylic oxidation sites excluding steroid dienone is 1. The fourth-order valence-electron chi connectivity index (χ4n) is 3.55. The summed E-state index contributed by atoms with van der Waals surface area (Å²) in [6.45, 7) is 2.21. The summed E-state index contributed by atoms with van der Waals surface area (Å²) >= 11 is 6.39. The van der Waals surface area contributed by atoms with Gasteiger partial charge in [0.15, 0.2) is 17.3 Å². The van der Waals surface area contributed by atoms with Crippen molar-refractivity contribution in [2.75, 3.05) is 6.79 Å². The largest absolute Gasteiger partial charge is 0.454 e. The van der Waals surface area contributed by atoms with Crippen molar-refractivity contribution in [3.63, 3.8) is 0 Å². The van der Waals surface area contributed by atoms with Gasteiger partial charge in [-0.1, -0.05) is 29.8 Å². The third-order valence-corrected chi connectivity index (χ3v) is 5.18. The fraction of sp³-hybridized carbons (Fsp3) is 0.143. The van der Waals surface area contributed by atoms with E-state index in [1.165, 1.54) is 0 Å². The second kappa shape index (κ2) is 5.58. The van der Waals surface area contributed by atoms with Gasteiger partial charge in [-0.25, -0.2) is 4.98 Å². The van der Waals surface area contributed by atoms with Crippen LogP contribution in [0.15, 0.2) is 42.0 Å². The van der Waals surface area contributed by atoms with E-state index in [2.05, 4.69) is 4.98 Å². The van der Waals surface area contributed by atoms with Crippen LogP contribution in [0.1, 0.15) is 27.0 Å². The van der Waals surface area contributed by atoms with E-state index in [0.717, 1.165) is 27.6 Å². The smallest absolute Gasteiger partial charge is 0.231 e. The molecule has 0 unspecified atom stereocenters. The highest BCUT2D eigenvalue weighted by atomic mass is 35.5. The minimum atomic E-state index is -0.00120. The first kappa shape index (κ1) is 15.4. The SMILES string of the molecule is Cc1cccc2cc(/C=C3\Cc4cc5c(cc4C3=O)OCO5)c(Cl)nc12. The summed E-state index contributed by atoms with van der Waals surface area (Å²) in [6.07, 6.45) is 2.39. The van der Waals surface area contributed by atoms with Crippen LogP contribution in [0.4, 0.5) is 0 Å². The predicted molar refractivity (Wildman–Crippen MR) is 100 cm³/mol. The number of Topliss-reactive ketones (excluding diaryl/α,β-unsaturated/α-hetero) is 1. The molecule has 1 aliphatic heterocycles. The Labute approximate surface area is 155 Å². The number of pyridine rings is 1. The molecule has 2 aliphatic rings. The van der Waals surface area contributed by atoms with Gasteiger partial charge >= 0.3 is 0 Å². The highest BCUT2D eigenvalue weighted by Crippen LogP contribution is 2.40. The van der Waals surface area contributed by atoms with Gasteiger partial charge in [0.25, 0.3) is 0 Å². The first-order chi connectivity index (χ1) is 12.6. The molecule has 5 rings (SSSR count). The standard InChI is InChI=1S/C21H14ClNO3/c1-11-3-2-4-12-5-15(21(22)23-19(11)12)7-14-6-13-8-17-18(26-10-25-17)9-16(13)20(14)24/h2-5,7-9H,6,10H2,1H3/b14-7+. The van der Waals surface area contributed by atoms with E-state index in [9.17, 15) is 4.79 Å². The van der Waals surface area contributed by atoms with Gasteiger partial charge < -0.3 is 9.47 Å². The average Bonchev–Trinajstić information content (AvgIpc) is 3.19. The zero-order valence-corrected chi connectivity index (χ0v) is 14.8. The zero-order chi connectivity index (χ0) is 17.8. The molecule has 0 bridgehead atoms. The van der Waals surface area contributed by atoms with Crippen molar-refractivity contribution in [2.45, 2.75) is 13.3 Å². The lowest BCUT2D eigenvalue weighted by atomic mass is 10.1. The number of ketones is 1. The van der Waals surface area contributed by atoms with E-state index < -0.39 is 0 Å². The Morgan fingerprint density at radius 3 is 2.81 bits per heavy atom. The molecule has 128 valence electrons. The number of hydrogen-bond donors (Lipinski definition) is 0. The second-order valence-corrected chi connectivity index (χ2v) is 6.91. The van der Waals surface area contributed by atoms with Gasteiger partial charge in [-0.2, -0.15) is 0 Å². The van der Waals surface area contributed by atoms with Crippen LogP contribution < -0.4 is 9.47 Å². The number of nitrogens with zero attached hydrogens (tertiary/aromatic N) is 1.